The van der Waals surface area contributed by atoms with Crippen LogP contribution in [0, 0.1) is 0 Å². The van der Waals surface area contributed by atoms with Crippen molar-refractivity contribution in [3.63, 3.8) is 0 Å². The molecule has 4 aromatic rings. The lowest BCUT2D eigenvalue weighted by atomic mass is 9.67. The summed E-state index contributed by atoms with van der Waals surface area (Å²) in [5.41, 5.74) is 16.0. The largest absolute Gasteiger partial charge is 0.193 e. The van der Waals surface area contributed by atoms with Gasteiger partial charge in [-0.05, 0) is 64.3 Å². The third-order valence-electron chi connectivity index (χ3n) is 7.84. The maximum Gasteiger partial charge on any atom is 0.193 e. The zero-order chi connectivity index (χ0) is 21.2. The standard InChI is InChI=1S/C31H24B/c1-19-18-20-14-17-29-31(27-12-6-7-13-28(27)32-29)30(20)21(19)15-16-26-24-10-4-2-8-22(24)23-9-3-5-11-25(23)26/h2-14,17-18,21,26H,15-16H2,1H3. The Morgan fingerprint density at radius 1 is 0.625 bits per heavy atom. The first kappa shape index (κ1) is 18.3. The third-order valence-corrected chi connectivity index (χ3v) is 7.84. The van der Waals surface area contributed by atoms with E-state index in [0.717, 1.165) is 0 Å². The van der Waals surface area contributed by atoms with E-state index in [1.807, 2.05) is 0 Å². The molecule has 0 amide bonds. The van der Waals surface area contributed by atoms with Crippen LogP contribution in [0.25, 0.3) is 28.3 Å². The van der Waals surface area contributed by atoms with E-state index < -0.39 is 0 Å². The van der Waals surface area contributed by atoms with Gasteiger partial charge in [0.2, 0.25) is 0 Å². The van der Waals surface area contributed by atoms with Gasteiger partial charge in [0.05, 0.1) is 0 Å². The Labute approximate surface area is 190 Å². The number of benzene rings is 4. The van der Waals surface area contributed by atoms with Gasteiger partial charge in [0.25, 0.3) is 0 Å². The predicted octanol–water partition coefficient (Wildman–Crippen LogP) is 6.42. The molecular weight excluding hydrogens is 383 g/mol. The van der Waals surface area contributed by atoms with Crippen LogP contribution >= 0.6 is 0 Å². The SMILES string of the molecule is CC1=Cc2ccc3c(c2C1CCC1c2ccccc2-c2ccccc21)-c1ccccc1[B]3. The second-order valence-corrected chi connectivity index (χ2v) is 9.51. The van der Waals surface area contributed by atoms with Gasteiger partial charge < -0.3 is 0 Å². The Balaban J connectivity index is 1.27. The van der Waals surface area contributed by atoms with Crippen molar-refractivity contribution in [1.82, 2.24) is 0 Å². The molecule has 1 heterocycles. The Hall–Kier alpha value is -3.32. The van der Waals surface area contributed by atoms with E-state index in [0.29, 0.717) is 11.8 Å². The fourth-order valence-electron chi connectivity index (χ4n) is 6.44. The van der Waals surface area contributed by atoms with Crippen LogP contribution in [-0.2, 0) is 0 Å². The Kier molecular flexibility index (Phi) is 3.91. The van der Waals surface area contributed by atoms with E-state index in [-0.39, 0.29) is 0 Å². The first-order valence-electron chi connectivity index (χ1n) is 11.8. The molecule has 0 nitrogen and oxygen atoms in total. The molecule has 3 aliphatic rings. The molecular formula is C31H24B. The summed E-state index contributed by atoms with van der Waals surface area (Å²) in [5.74, 6) is 0.995. The van der Waals surface area contributed by atoms with E-state index in [4.69, 9.17) is 0 Å². The van der Waals surface area contributed by atoms with Crippen molar-refractivity contribution < 1.29 is 0 Å². The lowest BCUT2D eigenvalue weighted by Crippen LogP contribution is -2.21. The number of fused-ring (bicyclic) bond motifs is 8. The van der Waals surface area contributed by atoms with E-state index in [9.17, 15) is 0 Å². The Bertz CT molecular complexity index is 1380. The highest BCUT2D eigenvalue weighted by Gasteiger charge is 2.33. The highest BCUT2D eigenvalue weighted by atomic mass is 14.4. The van der Waals surface area contributed by atoms with E-state index >= 15 is 0 Å². The summed E-state index contributed by atoms with van der Waals surface area (Å²) < 4.78 is 0. The monoisotopic (exact) mass is 407 g/mol. The zero-order valence-corrected chi connectivity index (χ0v) is 18.3. The maximum atomic E-state index is 2.43. The third kappa shape index (κ3) is 2.51. The number of allylic oxidation sites excluding steroid dienone is 1. The van der Waals surface area contributed by atoms with Gasteiger partial charge >= 0.3 is 0 Å². The molecule has 32 heavy (non-hydrogen) atoms. The summed E-state index contributed by atoms with van der Waals surface area (Å²) >= 11 is 0. The van der Waals surface area contributed by atoms with Crippen molar-refractivity contribution in [3.8, 4) is 22.3 Å². The first-order chi connectivity index (χ1) is 15.8. The molecule has 0 bridgehead atoms. The van der Waals surface area contributed by atoms with Crippen molar-refractivity contribution in [2.45, 2.75) is 31.6 Å². The van der Waals surface area contributed by atoms with Crippen LogP contribution in [0.4, 0.5) is 0 Å². The first-order valence-corrected chi connectivity index (χ1v) is 11.8. The number of hydrogen-bond acceptors (Lipinski definition) is 0. The topological polar surface area (TPSA) is 0 Å². The Morgan fingerprint density at radius 3 is 2.00 bits per heavy atom. The molecule has 0 aromatic heterocycles. The highest BCUT2D eigenvalue weighted by molar-refractivity contribution is 6.73. The zero-order valence-electron chi connectivity index (χ0n) is 18.3. The minimum absolute atomic E-state index is 0.495. The molecule has 7 rings (SSSR count). The molecule has 1 aliphatic heterocycles. The van der Waals surface area contributed by atoms with Crippen LogP contribution in [0.3, 0.4) is 0 Å². The lowest BCUT2D eigenvalue weighted by molar-refractivity contribution is 0.619. The smallest absolute Gasteiger partial charge is 0.0737 e. The summed E-state index contributed by atoms with van der Waals surface area (Å²) in [5, 5.41) is 0. The average Bonchev–Trinajstić information content (AvgIpc) is 3.46. The average molecular weight is 407 g/mol. The summed E-state index contributed by atoms with van der Waals surface area (Å²) in [7, 11) is 2.36. The van der Waals surface area contributed by atoms with E-state index in [2.05, 4.69) is 105 Å². The normalized spacial score (nSPS) is 17.2. The summed E-state index contributed by atoms with van der Waals surface area (Å²) in [6.45, 7) is 2.33. The van der Waals surface area contributed by atoms with Gasteiger partial charge in [0.1, 0.15) is 0 Å². The van der Waals surface area contributed by atoms with Crippen molar-refractivity contribution in [2.75, 3.05) is 0 Å². The summed E-state index contributed by atoms with van der Waals surface area (Å²) in [4.78, 5) is 0. The van der Waals surface area contributed by atoms with Crippen LogP contribution in [0.1, 0.15) is 53.9 Å². The minimum atomic E-state index is 0.495. The molecule has 0 saturated carbocycles. The molecule has 0 fully saturated rings. The fraction of sp³-hybridized carbons (Fsp3) is 0.161. The van der Waals surface area contributed by atoms with Gasteiger partial charge in [-0.2, -0.15) is 0 Å². The minimum Gasteiger partial charge on any atom is -0.0737 e. The van der Waals surface area contributed by atoms with Crippen LogP contribution in [-0.4, -0.2) is 7.28 Å². The summed E-state index contributed by atoms with van der Waals surface area (Å²) in [6.07, 6.45) is 4.79. The van der Waals surface area contributed by atoms with Gasteiger partial charge in [-0.3, -0.25) is 0 Å². The van der Waals surface area contributed by atoms with Crippen molar-refractivity contribution >= 4 is 24.3 Å². The van der Waals surface area contributed by atoms with Gasteiger partial charge in [-0.1, -0.05) is 108 Å². The maximum absolute atomic E-state index is 2.43. The number of rotatable bonds is 3. The molecule has 1 atom stereocenters. The van der Waals surface area contributed by atoms with Crippen LogP contribution in [0.2, 0.25) is 0 Å². The quantitative estimate of drug-likeness (QED) is 0.303. The van der Waals surface area contributed by atoms with Crippen LogP contribution in [0.15, 0.2) is 90.5 Å². The van der Waals surface area contributed by atoms with E-state index in [1.54, 1.807) is 5.56 Å². The fourth-order valence-corrected chi connectivity index (χ4v) is 6.44. The molecule has 0 saturated heterocycles. The molecule has 0 N–H and O–H groups in total. The molecule has 2 aliphatic carbocycles. The predicted molar refractivity (Wildman–Crippen MR) is 136 cm³/mol. The van der Waals surface area contributed by atoms with Crippen molar-refractivity contribution in [1.29, 1.82) is 0 Å². The molecule has 1 radical (unpaired) electrons. The second-order valence-electron chi connectivity index (χ2n) is 9.51. The molecule has 151 valence electrons. The highest BCUT2D eigenvalue weighted by Crippen LogP contribution is 2.50. The number of hydrogen-bond donors (Lipinski definition) is 0. The van der Waals surface area contributed by atoms with Crippen molar-refractivity contribution in [3.05, 3.63) is 113 Å². The van der Waals surface area contributed by atoms with Crippen molar-refractivity contribution in [2.24, 2.45) is 0 Å². The Morgan fingerprint density at radius 2 is 1.25 bits per heavy atom. The van der Waals surface area contributed by atoms with E-state index in [1.165, 1.54) is 68.3 Å². The van der Waals surface area contributed by atoms with Gasteiger partial charge in [-0.25, -0.2) is 0 Å². The van der Waals surface area contributed by atoms with Gasteiger partial charge in [0, 0.05) is 11.8 Å². The van der Waals surface area contributed by atoms with Gasteiger partial charge in [0.15, 0.2) is 7.28 Å². The van der Waals surface area contributed by atoms with Gasteiger partial charge in [-0.15, -0.1) is 0 Å². The molecule has 4 aromatic carbocycles. The molecule has 1 unspecified atom stereocenters. The lowest BCUT2D eigenvalue weighted by Gasteiger charge is -2.22. The van der Waals surface area contributed by atoms with Crippen LogP contribution in [0.5, 0.6) is 0 Å². The van der Waals surface area contributed by atoms with Crippen LogP contribution < -0.4 is 10.9 Å². The second kappa shape index (κ2) is 6.84. The molecule has 0 spiro atoms. The molecule has 1 heteroatoms. The summed E-state index contributed by atoms with van der Waals surface area (Å²) in [6, 6.07) is 31.5.